The first-order valence-electron chi connectivity index (χ1n) is 5.89. The molecule has 0 aromatic rings. The number of aliphatic hydroxyl groups excluding tert-OH is 1. The van der Waals surface area contributed by atoms with Crippen molar-refractivity contribution in [1.29, 1.82) is 0 Å². The molecule has 3 atom stereocenters. The first-order chi connectivity index (χ1) is 6.85. The van der Waals surface area contributed by atoms with Crippen molar-refractivity contribution >= 4 is 0 Å². The normalized spacial score (nSPS) is 29.2. The average Bonchev–Trinajstić information content (AvgIpc) is 2.39. The van der Waals surface area contributed by atoms with Crippen molar-refractivity contribution < 1.29 is 5.11 Å². The zero-order chi connectivity index (χ0) is 11.6. The van der Waals surface area contributed by atoms with Crippen molar-refractivity contribution in [2.75, 3.05) is 0 Å². The van der Waals surface area contributed by atoms with Crippen LogP contribution in [0.1, 0.15) is 41.0 Å². The summed E-state index contributed by atoms with van der Waals surface area (Å²) in [5.74, 6) is 0.848. The molecule has 0 heterocycles. The second-order valence-corrected chi connectivity index (χ2v) is 5.44. The maximum atomic E-state index is 9.41. The molecule has 0 fully saturated rings. The second-order valence-electron chi connectivity index (χ2n) is 5.44. The fraction of sp³-hybridized carbons (Fsp3) is 0.714. The van der Waals surface area contributed by atoms with Gasteiger partial charge in [0.25, 0.3) is 0 Å². The minimum Gasteiger partial charge on any atom is -0.393 e. The molecule has 1 aliphatic carbocycles. The molecule has 1 heteroatoms. The Morgan fingerprint density at radius 3 is 2.47 bits per heavy atom. The van der Waals surface area contributed by atoms with Gasteiger partial charge < -0.3 is 5.11 Å². The van der Waals surface area contributed by atoms with Crippen molar-refractivity contribution in [3.63, 3.8) is 0 Å². The van der Waals surface area contributed by atoms with E-state index in [-0.39, 0.29) is 17.4 Å². The van der Waals surface area contributed by atoms with Gasteiger partial charge in [0.05, 0.1) is 6.10 Å². The van der Waals surface area contributed by atoms with Crippen molar-refractivity contribution in [3.05, 3.63) is 23.8 Å². The SMILES string of the molecule is CC1=CC[C@@H](C=C[C@@H](C)[C@H](C)O)C1(C)C. The Bertz CT molecular complexity index is 271. The predicted molar refractivity (Wildman–Crippen MR) is 65.6 cm³/mol. The average molecular weight is 208 g/mol. The number of allylic oxidation sites excluding steroid dienone is 3. The monoisotopic (exact) mass is 208 g/mol. The largest absolute Gasteiger partial charge is 0.393 e. The minimum atomic E-state index is -0.250. The first kappa shape index (κ1) is 12.5. The highest BCUT2D eigenvalue weighted by Gasteiger charge is 2.32. The van der Waals surface area contributed by atoms with Crippen molar-refractivity contribution in [2.24, 2.45) is 17.3 Å². The van der Waals surface area contributed by atoms with E-state index < -0.39 is 0 Å². The van der Waals surface area contributed by atoms with Gasteiger partial charge in [0, 0.05) is 0 Å². The Balaban J connectivity index is 2.62. The molecule has 0 aromatic carbocycles. The lowest BCUT2D eigenvalue weighted by atomic mass is 9.77. The van der Waals surface area contributed by atoms with Crippen molar-refractivity contribution in [3.8, 4) is 0 Å². The highest BCUT2D eigenvalue weighted by molar-refractivity contribution is 5.22. The van der Waals surface area contributed by atoms with Gasteiger partial charge >= 0.3 is 0 Å². The van der Waals surface area contributed by atoms with Crippen LogP contribution >= 0.6 is 0 Å². The Morgan fingerprint density at radius 1 is 1.47 bits per heavy atom. The van der Waals surface area contributed by atoms with Gasteiger partial charge in [-0.15, -0.1) is 0 Å². The number of aliphatic hydroxyl groups is 1. The van der Waals surface area contributed by atoms with Crippen LogP contribution in [-0.4, -0.2) is 11.2 Å². The van der Waals surface area contributed by atoms with Gasteiger partial charge in [0.2, 0.25) is 0 Å². The Morgan fingerprint density at radius 2 is 2.07 bits per heavy atom. The van der Waals surface area contributed by atoms with Crippen molar-refractivity contribution in [1.82, 2.24) is 0 Å². The minimum absolute atomic E-state index is 0.250. The van der Waals surface area contributed by atoms with Crippen LogP contribution in [0.15, 0.2) is 23.8 Å². The smallest absolute Gasteiger partial charge is 0.0572 e. The van der Waals surface area contributed by atoms with Gasteiger partial charge in [-0.2, -0.15) is 0 Å². The van der Waals surface area contributed by atoms with E-state index in [1.165, 1.54) is 5.57 Å². The summed E-state index contributed by atoms with van der Waals surface area (Å²) < 4.78 is 0. The molecule has 0 saturated heterocycles. The lowest BCUT2D eigenvalue weighted by Gasteiger charge is -2.27. The van der Waals surface area contributed by atoms with E-state index in [4.69, 9.17) is 0 Å². The van der Waals surface area contributed by atoms with E-state index in [9.17, 15) is 5.11 Å². The van der Waals surface area contributed by atoms with Gasteiger partial charge in [-0.05, 0) is 37.5 Å². The van der Waals surface area contributed by atoms with Crippen LogP contribution in [0.25, 0.3) is 0 Å². The van der Waals surface area contributed by atoms with Crippen LogP contribution in [-0.2, 0) is 0 Å². The first-order valence-corrected chi connectivity index (χ1v) is 5.89. The summed E-state index contributed by atoms with van der Waals surface area (Å²) in [7, 11) is 0. The summed E-state index contributed by atoms with van der Waals surface area (Å²) in [5.41, 5.74) is 1.77. The highest BCUT2D eigenvalue weighted by atomic mass is 16.3. The number of rotatable bonds is 3. The topological polar surface area (TPSA) is 20.2 Å². The fourth-order valence-electron chi connectivity index (χ4n) is 1.94. The molecule has 0 radical (unpaired) electrons. The molecular formula is C14H24O. The molecule has 1 rings (SSSR count). The van der Waals surface area contributed by atoms with E-state index >= 15 is 0 Å². The molecule has 0 amide bonds. The molecule has 1 aliphatic rings. The Hall–Kier alpha value is -0.560. The lowest BCUT2D eigenvalue weighted by Crippen LogP contribution is -2.19. The van der Waals surface area contributed by atoms with Crippen LogP contribution in [0, 0.1) is 17.3 Å². The van der Waals surface area contributed by atoms with E-state index in [0.29, 0.717) is 5.92 Å². The highest BCUT2D eigenvalue weighted by Crippen LogP contribution is 2.43. The lowest BCUT2D eigenvalue weighted by molar-refractivity contribution is 0.156. The molecule has 86 valence electrons. The maximum absolute atomic E-state index is 9.41. The van der Waals surface area contributed by atoms with E-state index in [2.05, 4.69) is 45.9 Å². The summed E-state index contributed by atoms with van der Waals surface area (Å²) in [5, 5.41) is 9.41. The molecule has 1 nitrogen and oxygen atoms in total. The third-order valence-corrected chi connectivity index (χ3v) is 4.03. The number of hydrogen-bond acceptors (Lipinski definition) is 1. The van der Waals surface area contributed by atoms with Crippen molar-refractivity contribution in [2.45, 2.75) is 47.1 Å². The summed E-state index contributed by atoms with van der Waals surface area (Å²) in [6.07, 6.45) is 7.66. The van der Waals surface area contributed by atoms with Gasteiger partial charge in [-0.1, -0.05) is 44.6 Å². The summed E-state index contributed by atoms with van der Waals surface area (Å²) in [6, 6.07) is 0. The van der Waals surface area contributed by atoms with Gasteiger partial charge in [0.1, 0.15) is 0 Å². The van der Waals surface area contributed by atoms with E-state index in [0.717, 1.165) is 6.42 Å². The van der Waals surface area contributed by atoms with E-state index in [1.54, 1.807) is 0 Å². The summed E-state index contributed by atoms with van der Waals surface area (Å²) >= 11 is 0. The van der Waals surface area contributed by atoms with Crippen LogP contribution in [0.4, 0.5) is 0 Å². The molecule has 15 heavy (non-hydrogen) atoms. The maximum Gasteiger partial charge on any atom is 0.0572 e. The summed E-state index contributed by atoms with van der Waals surface area (Å²) in [6.45, 7) is 10.7. The van der Waals surface area contributed by atoms with E-state index in [1.807, 2.05) is 6.92 Å². The molecule has 0 aliphatic heterocycles. The van der Waals surface area contributed by atoms with Crippen LogP contribution < -0.4 is 0 Å². The Labute approximate surface area is 93.9 Å². The molecule has 0 unspecified atom stereocenters. The summed E-state index contributed by atoms with van der Waals surface area (Å²) in [4.78, 5) is 0. The van der Waals surface area contributed by atoms with Gasteiger partial charge in [0.15, 0.2) is 0 Å². The fourth-order valence-corrected chi connectivity index (χ4v) is 1.94. The third kappa shape index (κ3) is 2.72. The van der Waals surface area contributed by atoms with Crippen LogP contribution in [0.2, 0.25) is 0 Å². The predicted octanol–water partition coefficient (Wildman–Crippen LogP) is 3.55. The van der Waals surface area contributed by atoms with Crippen LogP contribution in [0.3, 0.4) is 0 Å². The standard InChI is InChI=1S/C14H24O/c1-10(12(3)15)6-8-13-9-7-11(2)14(13,4)5/h6-8,10,12-13,15H,9H2,1-5H3/t10-,12+,13-/m1/s1. The zero-order valence-electron chi connectivity index (χ0n) is 10.6. The molecule has 0 spiro atoms. The number of hydrogen-bond donors (Lipinski definition) is 1. The molecule has 0 bridgehead atoms. The quantitative estimate of drug-likeness (QED) is 0.703. The van der Waals surface area contributed by atoms with Gasteiger partial charge in [-0.3, -0.25) is 0 Å². The van der Waals surface area contributed by atoms with Gasteiger partial charge in [-0.25, -0.2) is 0 Å². The molecular weight excluding hydrogens is 184 g/mol. The van der Waals surface area contributed by atoms with Crippen LogP contribution in [0.5, 0.6) is 0 Å². The molecule has 0 aromatic heterocycles. The third-order valence-electron chi connectivity index (χ3n) is 4.03. The second kappa shape index (κ2) is 4.52. The Kier molecular flexibility index (Phi) is 3.77. The zero-order valence-corrected chi connectivity index (χ0v) is 10.6. The molecule has 0 saturated carbocycles. The molecule has 1 N–H and O–H groups in total.